The molecular weight excluding hydrogens is 150 g/mol. The van der Waals surface area contributed by atoms with Crippen LogP contribution in [0.1, 0.15) is 0 Å². The number of aromatic amines is 2. The minimum Gasteiger partial charge on any atom is -0.380 e. The molecule has 0 spiro atoms. The van der Waals surface area contributed by atoms with E-state index in [1.54, 1.807) is 0 Å². The molecule has 0 saturated heterocycles. The molecule has 0 amide bonds. The van der Waals surface area contributed by atoms with Gasteiger partial charge in [-0.2, -0.15) is 0 Å². The predicted octanol–water partition coefficient (Wildman–Crippen LogP) is -1.08. The Kier molecular flexibility index (Phi) is 1.74. The number of nitrogens with zero attached hydrogens (tertiary/aromatic N) is 1. The molecule has 1 aromatic rings. The Morgan fingerprint density at radius 3 is 2.82 bits per heavy atom. The van der Waals surface area contributed by atoms with Crippen LogP contribution < -0.4 is 16.0 Å². The third kappa shape index (κ3) is 1.46. The van der Waals surface area contributed by atoms with Gasteiger partial charge in [0.2, 0.25) is 5.75 Å². The fourth-order valence-electron chi connectivity index (χ4n) is 0.522. The molecule has 0 radical (unpaired) electrons. The fourth-order valence-corrected chi connectivity index (χ4v) is 0.522. The van der Waals surface area contributed by atoms with Gasteiger partial charge in [0, 0.05) is 0 Å². The standard InChI is InChI=1S/C5H3N3O3/c6-2-11-3-1-7-5(10)8-4(3)9/h1H,(H2,7,8,9,10). The molecular formula is C5H3N3O3. The van der Waals surface area contributed by atoms with Gasteiger partial charge in [-0.3, -0.25) is 9.78 Å². The lowest BCUT2D eigenvalue weighted by molar-refractivity contribution is 0.494. The minimum absolute atomic E-state index is 0.230. The number of nitrogens with one attached hydrogen (secondary N) is 2. The molecule has 0 atom stereocenters. The summed E-state index contributed by atoms with van der Waals surface area (Å²) >= 11 is 0. The number of H-pyrrole nitrogens is 2. The maximum absolute atomic E-state index is 10.7. The monoisotopic (exact) mass is 153 g/mol. The number of hydrogen-bond donors (Lipinski definition) is 2. The van der Waals surface area contributed by atoms with Crippen LogP contribution in [0.5, 0.6) is 5.75 Å². The first kappa shape index (κ1) is 7.08. The van der Waals surface area contributed by atoms with E-state index in [1.807, 2.05) is 4.98 Å². The smallest absolute Gasteiger partial charge is 0.325 e. The summed E-state index contributed by atoms with van der Waals surface area (Å²) in [4.78, 5) is 25.1. The summed E-state index contributed by atoms with van der Waals surface area (Å²) in [7, 11) is 0. The van der Waals surface area contributed by atoms with Crippen LogP contribution in [0.3, 0.4) is 0 Å². The lowest BCUT2D eigenvalue weighted by Crippen LogP contribution is -2.21. The average Bonchev–Trinajstić information content (AvgIpc) is 1.95. The van der Waals surface area contributed by atoms with E-state index in [-0.39, 0.29) is 5.75 Å². The normalized spacial score (nSPS) is 8.64. The highest BCUT2D eigenvalue weighted by atomic mass is 16.5. The van der Waals surface area contributed by atoms with Crippen molar-refractivity contribution in [3.8, 4) is 12.0 Å². The molecule has 2 N–H and O–H groups in total. The van der Waals surface area contributed by atoms with Crippen LogP contribution in [0, 0.1) is 11.5 Å². The average molecular weight is 153 g/mol. The van der Waals surface area contributed by atoms with Gasteiger partial charge < -0.3 is 9.72 Å². The van der Waals surface area contributed by atoms with E-state index in [4.69, 9.17) is 5.26 Å². The van der Waals surface area contributed by atoms with Crippen molar-refractivity contribution in [3.63, 3.8) is 0 Å². The molecule has 0 bridgehead atoms. The van der Waals surface area contributed by atoms with Gasteiger partial charge in [0.25, 0.3) is 11.8 Å². The van der Waals surface area contributed by atoms with Gasteiger partial charge in [-0.15, -0.1) is 5.26 Å². The molecule has 56 valence electrons. The van der Waals surface area contributed by atoms with E-state index in [0.717, 1.165) is 6.20 Å². The van der Waals surface area contributed by atoms with E-state index in [9.17, 15) is 9.59 Å². The third-order valence-corrected chi connectivity index (χ3v) is 0.941. The summed E-state index contributed by atoms with van der Waals surface area (Å²) in [5, 5.41) is 8.00. The zero-order valence-electron chi connectivity index (χ0n) is 5.25. The molecule has 1 rings (SSSR count). The SMILES string of the molecule is N#COc1c[nH]c(=O)[nH]c1=O. The summed E-state index contributed by atoms with van der Waals surface area (Å²) in [5.41, 5.74) is -1.37. The van der Waals surface area contributed by atoms with Crippen LogP contribution in [-0.4, -0.2) is 9.97 Å². The second-order valence-electron chi connectivity index (χ2n) is 1.63. The van der Waals surface area contributed by atoms with Crippen molar-refractivity contribution < 1.29 is 4.74 Å². The Hall–Kier alpha value is -2.03. The van der Waals surface area contributed by atoms with Crippen molar-refractivity contribution >= 4 is 0 Å². The summed E-state index contributed by atoms with van der Waals surface area (Å²) in [6.07, 6.45) is 2.32. The van der Waals surface area contributed by atoms with E-state index < -0.39 is 11.2 Å². The van der Waals surface area contributed by atoms with E-state index in [1.165, 1.54) is 6.26 Å². The van der Waals surface area contributed by atoms with Crippen molar-refractivity contribution in [1.82, 2.24) is 9.97 Å². The molecule has 11 heavy (non-hydrogen) atoms. The van der Waals surface area contributed by atoms with Crippen molar-refractivity contribution in [1.29, 1.82) is 5.26 Å². The van der Waals surface area contributed by atoms with Gasteiger partial charge in [0.05, 0.1) is 6.20 Å². The van der Waals surface area contributed by atoms with Gasteiger partial charge in [-0.05, 0) is 0 Å². The highest BCUT2D eigenvalue weighted by Crippen LogP contribution is 1.92. The number of aromatic nitrogens is 2. The van der Waals surface area contributed by atoms with Crippen LogP contribution in [0.4, 0.5) is 0 Å². The van der Waals surface area contributed by atoms with E-state index in [2.05, 4.69) is 9.72 Å². The fraction of sp³-hybridized carbons (Fsp3) is 0. The molecule has 0 aliphatic heterocycles. The summed E-state index contributed by atoms with van der Waals surface area (Å²) in [6, 6.07) is 0. The minimum atomic E-state index is -0.727. The zero-order valence-corrected chi connectivity index (χ0v) is 5.25. The quantitative estimate of drug-likeness (QED) is 0.501. The first-order valence-corrected chi connectivity index (χ1v) is 2.62. The third-order valence-electron chi connectivity index (χ3n) is 0.941. The Morgan fingerprint density at radius 1 is 1.55 bits per heavy atom. The number of ether oxygens (including phenoxy) is 1. The van der Waals surface area contributed by atoms with Crippen LogP contribution >= 0.6 is 0 Å². The molecule has 0 saturated carbocycles. The maximum atomic E-state index is 10.7. The number of nitriles is 1. The number of rotatable bonds is 1. The lowest BCUT2D eigenvalue weighted by atomic mass is 10.6. The molecule has 1 aromatic heterocycles. The van der Waals surface area contributed by atoms with Crippen molar-refractivity contribution in [3.05, 3.63) is 27.0 Å². The van der Waals surface area contributed by atoms with Crippen molar-refractivity contribution in [2.45, 2.75) is 0 Å². The second-order valence-corrected chi connectivity index (χ2v) is 1.63. The van der Waals surface area contributed by atoms with Crippen molar-refractivity contribution in [2.75, 3.05) is 0 Å². The van der Waals surface area contributed by atoms with Gasteiger partial charge in [-0.25, -0.2) is 4.79 Å². The van der Waals surface area contributed by atoms with E-state index in [0.29, 0.717) is 0 Å². The Balaban J connectivity index is 3.23. The zero-order chi connectivity index (χ0) is 8.27. The van der Waals surface area contributed by atoms with Crippen LogP contribution in [-0.2, 0) is 0 Å². The molecule has 0 unspecified atom stereocenters. The first-order chi connectivity index (χ1) is 5.24. The Bertz CT molecular complexity index is 396. The summed E-state index contributed by atoms with van der Waals surface area (Å²) in [5.74, 6) is -0.230. The summed E-state index contributed by atoms with van der Waals surface area (Å²) in [6.45, 7) is 0. The maximum Gasteiger partial charge on any atom is 0.325 e. The molecule has 6 nitrogen and oxygen atoms in total. The highest BCUT2D eigenvalue weighted by molar-refractivity contribution is 5.12. The van der Waals surface area contributed by atoms with Crippen LogP contribution in [0.25, 0.3) is 0 Å². The topological polar surface area (TPSA) is 98.7 Å². The molecule has 0 aliphatic carbocycles. The van der Waals surface area contributed by atoms with Gasteiger partial charge in [0.15, 0.2) is 0 Å². The molecule has 6 heteroatoms. The Labute approximate surface area is 60.1 Å². The molecule has 0 aromatic carbocycles. The molecule has 0 aliphatic rings. The molecule has 1 heterocycles. The predicted molar refractivity (Wildman–Crippen MR) is 33.9 cm³/mol. The second kappa shape index (κ2) is 2.70. The van der Waals surface area contributed by atoms with Gasteiger partial charge in [0.1, 0.15) is 0 Å². The Morgan fingerprint density at radius 2 is 2.27 bits per heavy atom. The highest BCUT2D eigenvalue weighted by Gasteiger charge is 1.98. The number of hydrogen-bond acceptors (Lipinski definition) is 4. The summed E-state index contributed by atoms with van der Waals surface area (Å²) < 4.78 is 4.18. The first-order valence-electron chi connectivity index (χ1n) is 2.62. The van der Waals surface area contributed by atoms with Gasteiger partial charge in [-0.1, -0.05) is 0 Å². The molecule has 0 fully saturated rings. The van der Waals surface area contributed by atoms with Crippen molar-refractivity contribution in [2.24, 2.45) is 0 Å². The van der Waals surface area contributed by atoms with E-state index >= 15 is 0 Å². The van der Waals surface area contributed by atoms with Crippen LogP contribution in [0.15, 0.2) is 15.8 Å². The van der Waals surface area contributed by atoms with Crippen LogP contribution in [0.2, 0.25) is 0 Å². The lowest BCUT2D eigenvalue weighted by Gasteiger charge is -1.89. The largest absolute Gasteiger partial charge is 0.380 e. The van der Waals surface area contributed by atoms with Gasteiger partial charge >= 0.3 is 5.69 Å².